The van der Waals surface area contributed by atoms with Gasteiger partial charge in [0.15, 0.2) is 0 Å². The molecule has 0 atom stereocenters. The van der Waals surface area contributed by atoms with Crippen molar-refractivity contribution >= 4 is 18.0 Å². The number of carbonyl (C=O) groups is 2. The van der Waals surface area contributed by atoms with Gasteiger partial charge in [-0.3, -0.25) is 19.6 Å². The first-order valence-electron chi connectivity index (χ1n) is 11.0. The van der Waals surface area contributed by atoms with Crippen LogP contribution in [-0.2, 0) is 11.2 Å². The lowest BCUT2D eigenvalue weighted by Crippen LogP contribution is -2.55. The summed E-state index contributed by atoms with van der Waals surface area (Å²) >= 11 is 0. The number of imide groups is 1. The fraction of sp³-hybridized carbons (Fsp3) is 0.400. The van der Waals surface area contributed by atoms with Crippen molar-refractivity contribution in [2.24, 2.45) is 0 Å². The highest BCUT2D eigenvalue weighted by Gasteiger charge is 2.56. The van der Waals surface area contributed by atoms with Crippen LogP contribution in [-0.4, -0.2) is 70.4 Å². The van der Waals surface area contributed by atoms with Gasteiger partial charge in [-0.1, -0.05) is 42.5 Å². The Morgan fingerprint density at radius 3 is 2.45 bits per heavy atom. The SMILES string of the molecule is CN1C(=O)N(CCCc2ccncc2)C(=O)C12CCN(CC=Cc1ccccc1)CC2. The van der Waals surface area contributed by atoms with E-state index in [1.54, 1.807) is 24.3 Å². The van der Waals surface area contributed by atoms with Crippen LogP contribution in [0.2, 0.25) is 0 Å². The summed E-state index contributed by atoms with van der Waals surface area (Å²) in [7, 11) is 1.79. The van der Waals surface area contributed by atoms with Crippen LogP contribution in [0.4, 0.5) is 4.79 Å². The summed E-state index contributed by atoms with van der Waals surface area (Å²) in [5.74, 6) is -0.0193. The maximum absolute atomic E-state index is 13.3. The number of likely N-dealkylation sites (N-methyl/N-ethyl adjacent to an activating group) is 1. The van der Waals surface area contributed by atoms with Gasteiger partial charge in [-0.2, -0.15) is 0 Å². The molecule has 4 rings (SSSR count). The molecule has 0 aliphatic carbocycles. The lowest BCUT2D eigenvalue weighted by Gasteiger charge is -2.40. The first-order valence-corrected chi connectivity index (χ1v) is 11.0. The number of likely N-dealkylation sites (tertiary alicyclic amines) is 1. The van der Waals surface area contributed by atoms with Crippen molar-refractivity contribution in [3.8, 4) is 0 Å². The number of urea groups is 1. The number of hydrogen-bond acceptors (Lipinski definition) is 4. The second-order valence-corrected chi connectivity index (χ2v) is 8.40. The molecule has 162 valence electrons. The number of benzene rings is 1. The summed E-state index contributed by atoms with van der Waals surface area (Å²) in [6, 6.07) is 14.0. The lowest BCUT2D eigenvalue weighted by molar-refractivity contribution is -0.135. The Kier molecular flexibility index (Phi) is 6.47. The second-order valence-electron chi connectivity index (χ2n) is 8.40. The third kappa shape index (κ3) is 4.54. The Hall–Kier alpha value is -2.99. The summed E-state index contributed by atoms with van der Waals surface area (Å²) < 4.78 is 0. The fourth-order valence-electron chi connectivity index (χ4n) is 4.59. The Balaban J connectivity index is 1.31. The average Bonchev–Trinajstić information content (AvgIpc) is 2.98. The van der Waals surface area contributed by atoms with Crippen molar-refractivity contribution in [2.45, 2.75) is 31.2 Å². The number of aromatic nitrogens is 1. The van der Waals surface area contributed by atoms with E-state index in [-0.39, 0.29) is 11.9 Å². The predicted octanol–water partition coefficient (Wildman–Crippen LogP) is 3.46. The van der Waals surface area contributed by atoms with Crippen LogP contribution in [0.15, 0.2) is 60.9 Å². The van der Waals surface area contributed by atoms with E-state index in [0.717, 1.165) is 32.5 Å². The minimum atomic E-state index is -0.673. The third-order valence-corrected chi connectivity index (χ3v) is 6.56. The van der Waals surface area contributed by atoms with Crippen LogP contribution in [0.3, 0.4) is 0 Å². The van der Waals surface area contributed by atoms with Gasteiger partial charge in [-0.15, -0.1) is 0 Å². The van der Waals surface area contributed by atoms with Crippen LogP contribution in [0.1, 0.15) is 30.4 Å². The molecule has 0 saturated carbocycles. The number of rotatable bonds is 7. The number of nitrogens with zero attached hydrogens (tertiary/aromatic N) is 4. The van der Waals surface area contributed by atoms with Crippen LogP contribution < -0.4 is 0 Å². The first kappa shape index (κ1) is 21.2. The average molecular weight is 419 g/mol. The molecule has 0 radical (unpaired) electrons. The van der Waals surface area contributed by atoms with Gasteiger partial charge < -0.3 is 4.90 Å². The van der Waals surface area contributed by atoms with Crippen molar-refractivity contribution in [1.82, 2.24) is 19.7 Å². The lowest BCUT2D eigenvalue weighted by atomic mass is 9.86. The number of piperidine rings is 1. The topological polar surface area (TPSA) is 56.8 Å². The van der Waals surface area contributed by atoms with Gasteiger partial charge >= 0.3 is 6.03 Å². The number of pyridine rings is 1. The third-order valence-electron chi connectivity index (χ3n) is 6.56. The molecule has 1 aromatic heterocycles. The number of aryl methyl sites for hydroxylation is 1. The monoisotopic (exact) mass is 418 g/mol. The van der Waals surface area contributed by atoms with E-state index in [2.05, 4.69) is 34.2 Å². The van der Waals surface area contributed by atoms with Gasteiger partial charge in [0.2, 0.25) is 0 Å². The van der Waals surface area contributed by atoms with Gasteiger partial charge in [0.1, 0.15) is 5.54 Å². The summed E-state index contributed by atoms with van der Waals surface area (Å²) in [5.41, 5.74) is 1.69. The summed E-state index contributed by atoms with van der Waals surface area (Å²) in [6.45, 7) is 2.95. The molecule has 2 fully saturated rings. The maximum Gasteiger partial charge on any atom is 0.327 e. The molecular formula is C25H30N4O2. The van der Waals surface area contributed by atoms with E-state index >= 15 is 0 Å². The van der Waals surface area contributed by atoms with E-state index in [1.165, 1.54) is 16.0 Å². The molecule has 6 heteroatoms. The van der Waals surface area contributed by atoms with E-state index in [0.29, 0.717) is 19.4 Å². The smallest absolute Gasteiger partial charge is 0.312 e. The van der Waals surface area contributed by atoms with Crippen molar-refractivity contribution in [1.29, 1.82) is 0 Å². The van der Waals surface area contributed by atoms with Gasteiger partial charge in [0, 0.05) is 45.6 Å². The van der Waals surface area contributed by atoms with Crippen molar-refractivity contribution in [3.05, 3.63) is 72.1 Å². The molecule has 2 aliphatic rings. The van der Waals surface area contributed by atoms with Crippen LogP contribution >= 0.6 is 0 Å². The Labute approximate surface area is 184 Å². The van der Waals surface area contributed by atoms with Crippen molar-refractivity contribution < 1.29 is 9.59 Å². The standard InChI is InChI=1S/C25H30N4O2/c1-27-24(31)29(18-6-10-22-11-15-26-16-12-22)23(30)25(27)13-19-28(20-14-25)17-5-9-21-7-3-2-4-8-21/h2-5,7-9,11-12,15-16H,6,10,13-14,17-20H2,1H3. The summed E-state index contributed by atoms with van der Waals surface area (Å²) in [5, 5.41) is 0. The molecule has 1 spiro atoms. The number of amides is 3. The van der Waals surface area contributed by atoms with Gasteiger partial charge in [-0.25, -0.2) is 4.79 Å². The van der Waals surface area contributed by atoms with Crippen LogP contribution in [0.5, 0.6) is 0 Å². The molecule has 1 aromatic carbocycles. The molecule has 0 N–H and O–H groups in total. The Morgan fingerprint density at radius 1 is 1.03 bits per heavy atom. The predicted molar refractivity (Wildman–Crippen MR) is 121 cm³/mol. The highest BCUT2D eigenvalue weighted by Crippen LogP contribution is 2.36. The zero-order valence-electron chi connectivity index (χ0n) is 18.1. The molecule has 3 amide bonds. The molecule has 2 aliphatic heterocycles. The second kappa shape index (κ2) is 9.43. The molecular weight excluding hydrogens is 388 g/mol. The largest absolute Gasteiger partial charge is 0.327 e. The zero-order valence-corrected chi connectivity index (χ0v) is 18.1. The normalized spacial score (nSPS) is 19.1. The summed E-state index contributed by atoms with van der Waals surface area (Å²) in [4.78, 5) is 35.6. The van der Waals surface area contributed by atoms with Crippen LogP contribution in [0.25, 0.3) is 6.08 Å². The molecule has 2 aromatic rings. The minimum Gasteiger partial charge on any atom is -0.312 e. The van der Waals surface area contributed by atoms with Gasteiger partial charge in [0.25, 0.3) is 5.91 Å². The van der Waals surface area contributed by atoms with Crippen molar-refractivity contribution in [2.75, 3.05) is 33.2 Å². The number of carbonyl (C=O) groups excluding carboxylic acids is 2. The van der Waals surface area contributed by atoms with Crippen molar-refractivity contribution in [3.63, 3.8) is 0 Å². The molecule has 0 unspecified atom stereocenters. The van der Waals surface area contributed by atoms with Crippen LogP contribution in [0, 0.1) is 0 Å². The highest BCUT2D eigenvalue weighted by atomic mass is 16.2. The Bertz CT molecular complexity index is 921. The van der Waals surface area contributed by atoms with E-state index in [4.69, 9.17) is 0 Å². The quantitative estimate of drug-likeness (QED) is 0.646. The molecule has 31 heavy (non-hydrogen) atoms. The molecule has 0 bridgehead atoms. The molecule has 2 saturated heterocycles. The summed E-state index contributed by atoms with van der Waals surface area (Å²) in [6.07, 6.45) is 10.8. The number of hydrogen-bond donors (Lipinski definition) is 0. The maximum atomic E-state index is 13.3. The van der Waals surface area contributed by atoms with E-state index in [9.17, 15) is 9.59 Å². The highest BCUT2D eigenvalue weighted by molar-refractivity contribution is 6.07. The molecule has 6 nitrogen and oxygen atoms in total. The first-order chi connectivity index (χ1) is 15.1. The minimum absolute atomic E-state index is 0.0193. The van der Waals surface area contributed by atoms with E-state index in [1.807, 2.05) is 30.3 Å². The Morgan fingerprint density at radius 2 is 1.74 bits per heavy atom. The van der Waals surface area contributed by atoms with E-state index < -0.39 is 5.54 Å². The molecule has 3 heterocycles. The van der Waals surface area contributed by atoms with Gasteiger partial charge in [0.05, 0.1) is 0 Å². The zero-order chi connectivity index (χ0) is 21.7. The van der Waals surface area contributed by atoms with Gasteiger partial charge in [-0.05, 0) is 48.9 Å². The fourth-order valence-corrected chi connectivity index (χ4v) is 4.59.